The van der Waals surface area contributed by atoms with Crippen molar-refractivity contribution in [2.24, 2.45) is 11.8 Å². The van der Waals surface area contributed by atoms with Crippen LogP contribution in [0.2, 0.25) is 0 Å². The van der Waals surface area contributed by atoms with Crippen molar-refractivity contribution in [2.45, 2.75) is 33.0 Å². The fourth-order valence-corrected chi connectivity index (χ4v) is 2.28. The molecule has 1 N–H and O–H groups in total. The molecule has 0 aromatic rings. The molecule has 0 spiro atoms. The van der Waals surface area contributed by atoms with Crippen LogP contribution >= 0.6 is 11.8 Å². The van der Waals surface area contributed by atoms with E-state index in [2.05, 4.69) is 4.74 Å². The molecule has 1 saturated heterocycles. The lowest BCUT2D eigenvalue weighted by atomic mass is 9.96. The van der Waals surface area contributed by atoms with Crippen LogP contribution in [-0.2, 0) is 14.3 Å². The van der Waals surface area contributed by atoms with E-state index >= 15 is 0 Å². The third-order valence-electron chi connectivity index (χ3n) is 2.33. The lowest BCUT2D eigenvalue weighted by molar-refractivity contribution is -0.155. The van der Waals surface area contributed by atoms with Gasteiger partial charge in [-0.2, -0.15) is 0 Å². The molecule has 86 valence electrons. The average molecular weight is 232 g/mol. The number of hydrogen-bond donors (Lipinski definition) is 1. The van der Waals surface area contributed by atoms with Crippen LogP contribution in [0.15, 0.2) is 0 Å². The van der Waals surface area contributed by atoms with Crippen LogP contribution < -0.4 is 0 Å². The molecule has 3 unspecified atom stereocenters. The van der Waals surface area contributed by atoms with E-state index in [9.17, 15) is 9.59 Å². The van der Waals surface area contributed by atoms with Gasteiger partial charge in [0.05, 0.1) is 5.92 Å². The number of thioether (sulfide) groups is 1. The average Bonchev–Trinajstić information content (AvgIpc) is 2.42. The van der Waals surface area contributed by atoms with Crippen molar-refractivity contribution in [3.63, 3.8) is 0 Å². The first-order valence-corrected chi connectivity index (χ1v) is 5.99. The predicted molar refractivity (Wildman–Crippen MR) is 57.1 cm³/mol. The molecule has 1 aliphatic heterocycles. The van der Waals surface area contributed by atoms with E-state index in [-0.39, 0.29) is 22.9 Å². The lowest BCUT2D eigenvalue weighted by Gasteiger charge is -2.12. The molecule has 0 saturated carbocycles. The molecule has 15 heavy (non-hydrogen) atoms. The predicted octanol–water partition coefficient (Wildman–Crippen LogP) is 1.17. The van der Waals surface area contributed by atoms with Crippen LogP contribution in [-0.4, -0.2) is 28.2 Å². The summed E-state index contributed by atoms with van der Waals surface area (Å²) in [5.74, 6) is 0.473. The minimum Gasteiger partial charge on any atom is -0.436 e. The molecule has 0 radical (unpaired) electrons. The van der Waals surface area contributed by atoms with Crippen molar-refractivity contribution in [3.8, 4) is 0 Å². The van der Waals surface area contributed by atoms with Gasteiger partial charge in [0.2, 0.25) is 6.29 Å². The van der Waals surface area contributed by atoms with Crippen LogP contribution in [0.1, 0.15) is 26.7 Å². The monoisotopic (exact) mass is 232 g/mol. The second-order valence-corrected chi connectivity index (χ2v) is 5.16. The number of ether oxygens (including phenoxy) is 1. The molecule has 0 bridgehead atoms. The molecule has 0 amide bonds. The Morgan fingerprint density at radius 1 is 1.73 bits per heavy atom. The van der Waals surface area contributed by atoms with Crippen LogP contribution in [0, 0.1) is 11.8 Å². The molecule has 0 aliphatic carbocycles. The fourth-order valence-electron chi connectivity index (χ4n) is 1.62. The quantitative estimate of drug-likeness (QED) is 0.737. The molecular weight excluding hydrogens is 216 g/mol. The van der Waals surface area contributed by atoms with E-state index in [1.807, 2.05) is 6.92 Å². The Morgan fingerprint density at radius 3 is 2.87 bits per heavy atom. The molecule has 1 aliphatic rings. The smallest absolute Gasteiger partial charge is 0.311 e. The molecule has 4 nitrogen and oxygen atoms in total. The van der Waals surface area contributed by atoms with Crippen LogP contribution in [0.4, 0.5) is 0 Å². The summed E-state index contributed by atoms with van der Waals surface area (Å²) in [6.45, 7) is 3.53. The second-order valence-electron chi connectivity index (χ2n) is 3.97. The van der Waals surface area contributed by atoms with Crippen molar-refractivity contribution in [1.82, 2.24) is 0 Å². The fraction of sp³-hybridized carbons (Fsp3) is 0.800. The SMILES string of the molecule is CC(=O)SCC(C)CC1CC(O)OC1=O. The largest absolute Gasteiger partial charge is 0.436 e. The Hall–Kier alpha value is -0.550. The Kier molecular flexibility index (Phi) is 4.60. The van der Waals surface area contributed by atoms with Gasteiger partial charge in [0.15, 0.2) is 5.12 Å². The second kappa shape index (κ2) is 5.51. The Balaban J connectivity index is 2.28. The van der Waals surface area contributed by atoms with Crippen molar-refractivity contribution in [1.29, 1.82) is 0 Å². The number of carbonyl (C=O) groups is 2. The number of aliphatic hydroxyl groups excluding tert-OH is 1. The zero-order valence-corrected chi connectivity index (χ0v) is 9.75. The summed E-state index contributed by atoms with van der Waals surface area (Å²) in [6, 6.07) is 0. The summed E-state index contributed by atoms with van der Waals surface area (Å²) >= 11 is 1.27. The minimum atomic E-state index is -0.935. The summed E-state index contributed by atoms with van der Waals surface area (Å²) in [6.07, 6.45) is 0.125. The van der Waals surface area contributed by atoms with Gasteiger partial charge in [-0.1, -0.05) is 18.7 Å². The lowest BCUT2D eigenvalue weighted by Crippen LogP contribution is -2.13. The maximum absolute atomic E-state index is 11.2. The zero-order valence-electron chi connectivity index (χ0n) is 8.93. The molecule has 3 atom stereocenters. The van der Waals surface area contributed by atoms with Crippen molar-refractivity contribution < 1.29 is 19.4 Å². The highest BCUT2D eigenvalue weighted by molar-refractivity contribution is 8.13. The van der Waals surface area contributed by atoms with E-state index in [4.69, 9.17) is 5.11 Å². The molecular formula is C10H16O4S. The van der Waals surface area contributed by atoms with Crippen molar-refractivity contribution in [2.75, 3.05) is 5.75 Å². The maximum atomic E-state index is 11.2. The topological polar surface area (TPSA) is 63.6 Å². The zero-order chi connectivity index (χ0) is 11.4. The van der Waals surface area contributed by atoms with Gasteiger partial charge in [-0.25, -0.2) is 0 Å². The number of aliphatic hydroxyl groups is 1. The highest BCUT2D eigenvalue weighted by Gasteiger charge is 2.33. The van der Waals surface area contributed by atoms with E-state index in [1.54, 1.807) is 0 Å². The van der Waals surface area contributed by atoms with E-state index in [0.29, 0.717) is 12.8 Å². The molecule has 0 aromatic heterocycles. The van der Waals surface area contributed by atoms with Gasteiger partial charge in [0, 0.05) is 19.1 Å². The standard InChI is InChI=1S/C10H16O4S/c1-6(5-15-7(2)11)3-8-4-9(12)14-10(8)13/h6,8-9,12H,3-5H2,1-2H3. The highest BCUT2D eigenvalue weighted by atomic mass is 32.2. The van der Waals surface area contributed by atoms with Gasteiger partial charge >= 0.3 is 5.97 Å². The van der Waals surface area contributed by atoms with Gasteiger partial charge in [-0.3, -0.25) is 9.59 Å². The van der Waals surface area contributed by atoms with E-state index in [1.165, 1.54) is 18.7 Å². The molecule has 1 heterocycles. The van der Waals surface area contributed by atoms with Crippen LogP contribution in [0.25, 0.3) is 0 Å². The highest BCUT2D eigenvalue weighted by Crippen LogP contribution is 2.27. The first-order chi connectivity index (χ1) is 6.99. The Morgan fingerprint density at radius 2 is 2.40 bits per heavy atom. The maximum Gasteiger partial charge on any atom is 0.311 e. The third-order valence-corrected chi connectivity index (χ3v) is 3.47. The van der Waals surface area contributed by atoms with E-state index in [0.717, 1.165) is 5.75 Å². The third kappa shape index (κ3) is 4.22. The summed E-state index contributed by atoms with van der Waals surface area (Å²) in [4.78, 5) is 21.9. The van der Waals surface area contributed by atoms with Crippen LogP contribution in [0.5, 0.6) is 0 Å². The normalized spacial score (nSPS) is 27.5. The Labute approximate surface area is 93.4 Å². The van der Waals surface area contributed by atoms with Crippen molar-refractivity contribution >= 4 is 22.8 Å². The minimum absolute atomic E-state index is 0.0934. The number of carbonyl (C=O) groups excluding carboxylic acids is 2. The van der Waals surface area contributed by atoms with Gasteiger partial charge < -0.3 is 9.84 Å². The molecule has 1 rings (SSSR count). The van der Waals surface area contributed by atoms with Gasteiger partial charge in [-0.05, 0) is 12.3 Å². The molecule has 1 fully saturated rings. The first-order valence-electron chi connectivity index (χ1n) is 5.01. The number of cyclic esters (lactones) is 1. The summed E-state index contributed by atoms with van der Waals surface area (Å²) < 4.78 is 4.64. The van der Waals surface area contributed by atoms with Gasteiger partial charge in [0.1, 0.15) is 0 Å². The van der Waals surface area contributed by atoms with E-state index < -0.39 is 6.29 Å². The summed E-state index contributed by atoms with van der Waals surface area (Å²) in [5.41, 5.74) is 0. The Bertz CT molecular complexity index is 254. The molecule has 0 aromatic carbocycles. The van der Waals surface area contributed by atoms with Gasteiger partial charge in [0.25, 0.3) is 0 Å². The number of rotatable bonds is 4. The van der Waals surface area contributed by atoms with Crippen LogP contribution in [0.3, 0.4) is 0 Å². The summed E-state index contributed by atoms with van der Waals surface area (Å²) in [7, 11) is 0. The van der Waals surface area contributed by atoms with Gasteiger partial charge in [-0.15, -0.1) is 0 Å². The number of hydrogen-bond acceptors (Lipinski definition) is 5. The number of esters is 1. The summed E-state index contributed by atoms with van der Waals surface area (Å²) in [5, 5.41) is 9.19. The molecule has 5 heteroatoms. The van der Waals surface area contributed by atoms with Crippen molar-refractivity contribution in [3.05, 3.63) is 0 Å². The first kappa shape index (κ1) is 12.5.